The molecule has 0 atom stereocenters. The third kappa shape index (κ3) is 3.87. The Hall–Kier alpha value is -0.780. The first kappa shape index (κ1) is 12.7. The van der Waals surface area contributed by atoms with Crippen molar-refractivity contribution in [3.05, 3.63) is 35.4 Å². The van der Waals surface area contributed by atoms with Crippen molar-refractivity contribution in [2.24, 2.45) is 5.92 Å². The van der Waals surface area contributed by atoms with Crippen LogP contribution in [0, 0.1) is 5.92 Å². The van der Waals surface area contributed by atoms with E-state index in [0.717, 1.165) is 11.8 Å². The summed E-state index contributed by atoms with van der Waals surface area (Å²) in [5, 5.41) is 0. The lowest BCUT2D eigenvalue weighted by atomic mass is 9.84. The molecule has 0 N–H and O–H groups in total. The van der Waals surface area contributed by atoms with Crippen molar-refractivity contribution in [3.63, 3.8) is 0 Å². The third-order valence-corrected chi connectivity index (χ3v) is 4.07. The number of hydrogen-bond acceptors (Lipinski definition) is 0. The van der Waals surface area contributed by atoms with Crippen molar-refractivity contribution < 1.29 is 0 Å². The summed E-state index contributed by atoms with van der Waals surface area (Å²) in [6.45, 7) is 4.60. The van der Waals surface area contributed by atoms with Crippen LogP contribution in [0.3, 0.4) is 0 Å². The topological polar surface area (TPSA) is 0 Å². The summed E-state index contributed by atoms with van der Waals surface area (Å²) in [6, 6.07) is 9.47. The van der Waals surface area contributed by atoms with Crippen molar-refractivity contribution in [3.8, 4) is 0 Å². The Labute approximate surface area is 106 Å². The van der Waals surface area contributed by atoms with Gasteiger partial charge in [0.15, 0.2) is 0 Å². The summed E-state index contributed by atoms with van der Waals surface area (Å²) in [4.78, 5) is 0. The van der Waals surface area contributed by atoms with E-state index in [-0.39, 0.29) is 0 Å². The molecule has 0 amide bonds. The SMILES string of the molecule is CC(C)CCc1ccc(C2CCCCC2)cc1. The van der Waals surface area contributed by atoms with Gasteiger partial charge in [-0.05, 0) is 48.6 Å². The largest absolute Gasteiger partial charge is 0.0628 e. The van der Waals surface area contributed by atoms with Crippen molar-refractivity contribution in [1.29, 1.82) is 0 Å². The van der Waals surface area contributed by atoms with Crippen molar-refractivity contribution >= 4 is 0 Å². The third-order valence-electron chi connectivity index (χ3n) is 4.07. The average Bonchev–Trinajstić information content (AvgIpc) is 2.38. The zero-order valence-electron chi connectivity index (χ0n) is 11.4. The van der Waals surface area contributed by atoms with E-state index in [9.17, 15) is 0 Å². The van der Waals surface area contributed by atoms with Gasteiger partial charge in [0.1, 0.15) is 0 Å². The molecule has 1 aromatic carbocycles. The van der Waals surface area contributed by atoms with Gasteiger partial charge in [0.05, 0.1) is 0 Å². The molecule has 0 spiro atoms. The second-order valence-corrected chi connectivity index (χ2v) is 6.01. The molecule has 0 unspecified atom stereocenters. The molecule has 1 fully saturated rings. The molecule has 1 aromatic rings. The van der Waals surface area contributed by atoms with Crippen molar-refractivity contribution in [1.82, 2.24) is 0 Å². The maximum atomic E-state index is 2.38. The predicted octanol–water partition coefficient (Wildman–Crippen LogP) is 5.32. The van der Waals surface area contributed by atoms with E-state index in [0.29, 0.717) is 0 Å². The summed E-state index contributed by atoms with van der Waals surface area (Å²) < 4.78 is 0. The van der Waals surface area contributed by atoms with E-state index in [1.807, 2.05) is 0 Å². The van der Waals surface area contributed by atoms with Crippen LogP contribution in [-0.4, -0.2) is 0 Å². The number of benzene rings is 1. The Bertz CT molecular complexity index is 314. The number of hydrogen-bond donors (Lipinski definition) is 0. The van der Waals surface area contributed by atoms with Crippen LogP contribution in [0.4, 0.5) is 0 Å². The standard InChI is InChI=1S/C17H26/c1-14(2)8-9-15-10-12-17(13-11-15)16-6-4-3-5-7-16/h10-14,16H,3-9H2,1-2H3. The Morgan fingerprint density at radius 1 is 1.00 bits per heavy atom. The van der Waals surface area contributed by atoms with Gasteiger partial charge in [-0.25, -0.2) is 0 Å². The van der Waals surface area contributed by atoms with E-state index in [1.54, 1.807) is 5.56 Å². The van der Waals surface area contributed by atoms with Crippen LogP contribution in [-0.2, 0) is 6.42 Å². The Morgan fingerprint density at radius 3 is 2.24 bits per heavy atom. The summed E-state index contributed by atoms with van der Waals surface area (Å²) in [5.74, 6) is 1.66. The van der Waals surface area contributed by atoms with E-state index in [1.165, 1.54) is 50.5 Å². The highest BCUT2D eigenvalue weighted by Gasteiger charge is 2.14. The van der Waals surface area contributed by atoms with Gasteiger partial charge in [-0.1, -0.05) is 57.4 Å². The molecule has 0 radical (unpaired) electrons. The lowest BCUT2D eigenvalue weighted by Crippen LogP contribution is -2.04. The normalized spacial score (nSPS) is 17.6. The molecule has 0 heterocycles. The molecule has 0 bridgehead atoms. The molecule has 17 heavy (non-hydrogen) atoms. The summed E-state index contributed by atoms with van der Waals surface area (Å²) in [7, 11) is 0. The maximum Gasteiger partial charge on any atom is -0.0162 e. The van der Waals surface area contributed by atoms with Crippen LogP contribution in [0.2, 0.25) is 0 Å². The van der Waals surface area contributed by atoms with Crippen LogP contribution >= 0.6 is 0 Å². The molecular weight excluding hydrogens is 204 g/mol. The fourth-order valence-corrected chi connectivity index (χ4v) is 2.85. The summed E-state index contributed by atoms with van der Waals surface area (Å²) in [5.41, 5.74) is 3.09. The van der Waals surface area contributed by atoms with E-state index in [2.05, 4.69) is 38.1 Å². The first-order valence-corrected chi connectivity index (χ1v) is 7.34. The van der Waals surface area contributed by atoms with Crippen molar-refractivity contribution in [2.45, 2.75) is 64.7 Å². The van der Waals surface area contributed by atoms with Crippen LogP contribution in [0.25, 0.3) is 0 Å². The van der Waals surface area contributed by atoms with Crippen LogP contribution in [0.1, 0.15) is 69.4 Å². The van der Waals surface area contributed by atoms with Crippen LogP contribution in [0.5, 0.6) is 0 Å². The molecule has 0 aromatic heterocycles. The summed E-state index contributed by atoms with van der Waals surface area (Å²) in [6.07, 6.45) is 9.67. The molecule has 0 saturated heterocycles. The molecule has 1 saturated carbocycles. The van der Waals surface area contributed by atoms with Gasteiger partial charge in [0.25, 0.3) is 0 Å². The van der Waals surface area contributed by atoms with Gasteiger partial charge in [0, 0.05) is 0 Å². The molecule has 0 nitrogen and oxygen atoms in total. The molecule has 0 heteroatoms. The fraction of sp³-hybridized carbons (Fsp3) is 0.647. The zero-order valence-corrected chi connectivity index (χ0v) is 11.4. The molecule has 2 rings (SSSR count). The Morgan fingerprint density at radius 2 is 1.65 bits per heavy atom. The smallest absolute Gasteiger partial charge is 0.0162 e. The average molecular weight is 230 g/mol. The molecule has 1 aliphatic carbocycles. The van der Waals surface area contributed by atoms with Gasteiger partial charge in [0.2, 0.25) is 0 Å². The highest BCUT2D eigenvalue weighted by molar-refractivity contribution is 5.25. The minimum Gasteiger partial charge on any atom is -0.0628 e. The first-order valence-electron chi connectivity index (χ1n) is 7.34. The lowest BCUT2D eigenvalue weighted by molar-refractivity contribution is 0.443. The van der Waals surface area contributed by atoms with Crippen LogP contribution < -0.4 is 0 Å². The predicted molar refractivity (Wildman–Crippen MR) is 75.4 cm³/mol. The highest BCUT2D eigenvalue weighted by atomic mass is 14.2. The Balaban J connectivity index is 1.92. The Kier molecular flexibility index (Phi) is 4.65. The maximum absolute atomic E-state index is 2.38. The van der Waals surface area contributed by atoms with Crippen LogP contribution in [0.15, 0.2) is 24.3 Å². The summed E-state index contributed by atoms with van der Waals surface area (Å²) >= 11 is 0. The first-order chi connectivity index (χ1) is 8.25. The van der Waals surface area contributed by atoms with Gasteiger partial charge in [-0.15, -0.1) is 0 Å². The molecule has 0 aliphatic heterocycles. The molecular formula is C17H26. The second kappa shape index (κ2) is 6.23. The minimum atomic E-state index is 0.813. The van der Waals surface area contributed by atoms with E-state index in [4.69, 9.17) is 0 Å². The van der Waals surface area contributed by atoms with Crippen molar-refractivity contribution in [2.75, 3.05) is 0 Å². The second-order valence-electron chi connectivity index (χ2n) is 6.01. The minimum absolute atomic E-state index is 0.813. The quantitative estimate of drug-likeness (QED) is 0.656. The lowest BCUT2D eigenvalue weighted by Gasteiger charge is -2.22. The van der Waals surface area contributed by atoms with E-state index >= 15 is 0 Å². The highest BCUT2D eigenvalue weighted by Crippen LogP contribution is 2.32. The van der Waals surface area contributed by atoms with E-state index < -0.39 is 0 Å². The number of rotatable bonds is 4. The van der Waals surface area contributed by atoms with Gasteiger partial charge >= 0.3 is 0 Å². The monoisotopic (exact) mass is 230 g/mol. The fourth-order valence-electron chi connectivity index (χ4n) is 2.85. The number of aryl methyl sites for hydroxylation is 1. The van der Waals surface area contributed by atoms with Gasteiger partial charge < -0.3 is 0 Å². The molecule has 1 aliphatic rings. The van der Waals surface area contributed by atoms with Gasteiger partial charge in [-0.3, -0.25) is 0 Å². The molecule has 94 valence electrons. The zero-order chi connectivity index (χ0) is 12.1. The van der Waals surface area contributed by atoms with Gasteiger partial charge in [-0.2, -0.15) is 0 Å².